The van der Waals surface area contributed by atoms with Crippen LogP contribution < -0.4 is 0 Å². The highest BCUT2D eigenvalue weighted by atomic mass is 15.1. The first-order valence-corrected chi connectivity index (χ1v) is 11.3. The van der Waals surface area contributed by atoms with E-state index >= 15 is 0 Å². The summed E-state index contributed by atoms with van der Waals surface area (Å²) in [6, 6.07) is 22.1. The van der Waals surface area contributed by atoms with Crippen LogP contribution in [0.25, 0.3) is 0 Å². The Balaban J connectivity index is 2.07. The van der Waals surface area contributed by atoms with Crippen molar-refractivity contribution >= 4 is 0 Å². The van der Waals surface area contributed by atoms with Gasteiger partial charge in [0.2, 0.25) is 0 Å². The van der Waals surface area contributed by atoms with Crippen molar-refractivity contribution in [1.82, 2.24) is 9.55 Å². The van der Waals surface area contributed by atoms with Crippen LogP contribution in [-0.4, -0.2) is 9.55 Å². The normalized spacial score (nSPS) is 14.4. The van der Waals surface area contributed by atoms with Gasteiger partial charge >= 0.3 is 0 Å². The first-order valence-electron chi connectivity index (χ1n) is 11.3. The molecule has 0 aliphatic rings. The molecule has 3 rings (SSSR count). The molecule has 0 saturated heterocycles. The van der Waals surface area contributed by atoms with Crippen molar-refractivity contribution in [3.63, 3.8) is 0 Å². The maximum absolute atomic E-state index is 4.91. The highest BCUT2D eigenvalue weighted by molar-refractivity contribution is 5.33. The van der Waals surface area contributed by atoms with Gasteiger partial charge in [-0.15, -0.1) is 0 Å². The van der Waals surface area contributed by atoms with E-state index in [4.69, 9.17) is 4.98 Å². The van der Waals surface area contributed by atoms with Gasteiger partial charge in [0.1, 0.15) is 5.82 Å². The summed E-state index contributed by atoms with van der Waals surface area (Å²) in [5, 5.41) is 0. The molecule has 2 unspecified atom stereocenters. The number of benzene rings is 2. The number of hydrogen-bond acceptors (Lipinski definition) is 1. The van der Waals surface area contributed by atoms with Gasteiger partial charge in [0, 0.05) is 30.3 Å². The minimum atomic E-state index is -0.00675. The third-order valence-electron chi connectivity index (χ3n) is 6.24. The lowest BCUT2D eigenvalue weighted by Gasteiger charge is -2.39. The predicted octanol–water partition coefficient (Wildman–Crippen LogP) is 7.16. The molecule has 29 heavy (non-hydrogen) atoms. The molecule has 2 heteroatoms. The van der Waals surface area contributed by atoms with Gasteiger partial charge in [-0.05, 0) is 30.4 Å². The Labute approximate surface area is 177 Å². The molecule has 2 atom stereocenters. The van der Waals surface area contributed by atoms with Gasteiger partial charge in [0.05, 0.1) is 0 Å². The van der Waals surface area contributed by atoms with Crippen LogP contribution in [0, 0.1) is 0 Å². The van der Waals surface area contributed by atoms with Crippen molar-refractivity contribution in [2.24, 2.45) is 0 Å². The van der Waals surface area contributed by atoms with Crippen molar-refractivity contribution in [2.75, 3.05) is 0 Å². The Kier molecular flexibility index (Phi) is 7.69. The summed E-state index contributed by atoms with van der Waals surface area (Å²) in [7, 11) is 0. The molecule has 1 heterocycles. The van der Waals surface area contributed by atoms with Crippen LogP contribution in [0.4, 0.5) is 0 Å². The quantitative estimate of drug-likeness (QED) is 0.319. The summed E-state index contributed by atoms with van der Waals surface area (Å²) in [4.78, 5) is 4.91. The average molecular weight is 389 g/mol. The van der Waals surface area contributed by atoms with Crippen LogP contribution in [0.5, 0.6) is 0 Å². The molecule has 2 nitrogen and oxygen atoms in total. The zero-order chi connectivity index (χ0) is 20.5. The summed E-state index contributed by atoms with van der Waals surface area (Å²) in [5.74, 6) is 1.64. The summed E-state index contributed by atoms with van der Waals surface area (Å²) >= 11 is 0. The molecule has 0 N–H and O–H groups in total. The molecule has 0 saturated carbocycles. The van der Waals surface area contributed by atoms with Crippen molar-refractivity contribution in [3.05, 3.63) is 90.0 Å². The monoisotopic (exact) mass is 388 g/mol. The summed E-state index contributed by atoms with van der Waals surface area (Å²) in [6.07, 6.45) is 11.3. The number of rotatable bonds is 11. The number of hydrogen-bond donors (Lipinski definition) is 0. The van der Waals surface area contributed by atoms with E-state index in [-0.39, 0.29) is 5.41 Å². The molecule has 0 spiro atoms. The Bertz CT molecular complexity index is 837. The van der Waals surface area contributed by atoms with Gasteiger partial charge in [-0.1, -0.05) is 101 Å². The third kappa shape index (κ3) is 5.18. The molecule has 0 aliphatic heterocycles. The zero-order valence-electron chi connectivity index (χ0n) is 18.3. The lowest BCUT2D eigenvalue weighted by molar-refractivity contribution is 0.323. The maximum Gasteiger partial charge on any atom is 0.112 e. The second kappa shape index (κ2) is 10.4. The Hall–Kier alpha value is -2.35. The largest absolute Gasteiger partial charge is 0.335 e. The smallest absolute Gasteiger partial charge is 0.112 e. The number of nitrogens with zero attached hydrogens (tertiary/aromatic N) is 2. The van der Waals surface area contributed by atoms with Gasteiger partial charge in [0.15, 0.2) is 0 Å². The molecule has 154 valence electrons. The van der Waals surface area contributed by atoms with Crippen molar-refractivity contribution in [2.45, 2.75) is 77.2 Å². The zero-order valence-corrected chi connectivity index (χ0v) is 18.3. The van der Waals surface area contributed by atoms with E-state index in [0.29, 0.717) is 5.92 Å². The molecule has 0 amide bonds. The maximum atomic E-state index is 4.91. The Morgan fingerprint density at radius 1 is 0.897 bits per heavy atom. The fourth-order valence-electron chi connectivity index (χ4n) is 4.66. The van der Waals surface area contributed by atoms with E-state index in [2.05, 4.69) is 92.2 Å². The third-order valence-corrected chi connectivity index (χ3v) is 6.24. The van der Waals surface area contributed by atoms with Crippen LogP contribution in [0.15, 0.2) is 73.1 Å². The minimum absolute atomic E-state index is 0.00675. The van der Waals surface area contributed by atoms with Gasteiger partial charge in [-0.2, -0.15) is 0 Å². The van der Waals surface area contributed by atoms with Crippen LogP contribution in [0.1, 0.15) is 75.7 Å². The van der Waals surface area contributed by atoms with E-state index in [1.807, 2.05) is 6.20 Å². The standard InChI is InChI=1S/C27H36N2/c1-4-6-9-18-25(26-28-19-21-29(26)20-5-2)27(3,24-16-12-8-13-17-24)22-23-14-10-7-11-15-23/h7-8,10-17,19,21,25H,4-6,9,18,20,22H2,1-3H3. The molecular formula is C27H36N2. The average Bonchev–Trinajstić information content (AvgIpc) is 3.20. The van der Waals surface area contributed by atoms with Crippen molar-refractivity contribution in [1.29, 1.82) is 0 Å². The van der Waals surface area contributed by atoms with Gasteiger partial charge in [-0.3, -0.25) is 0 Å². The molecule has 0 radical (unpaired) electrons. The number of aryl methyl sites for hydroxylation is 1. The first-order chi connectivity index (χ1) is 14.2. The first kappa shape index (κ1) is 21.4. The second-order valence-corrected chi connectivity index (χ2v) is 8.47. The summed E-state index contributed by atoms with van der Waals surface area (Å²) in [5.41, 5.74) is 2.80. The second-order valence-electron chi connectivity index (χ2n) is 8.47. The van der Waals surface area contributed by atoms with Crippen molar-refractivity contribution in [3.8, 4) is 0 Å². The number of unbranched alkanes of at least 4 members (excludes halogenated alkanes) is 2. The lowest BCUT2D eigenvalue weighted by atomic mass is 9.66. The number of aromatic nitrogens is 2. The molecule has 2 aromatic carbocycles. The molecule has 0 aliphatic carbocycles. The molecule has 1 aromatic heterocycles. The molecule has 0 bridgehead atoms. The molecule has 0 fully saturated rings. The topological polar surface area (TPSA) is 17.8 Å². The Morgan fingerprint density at radius 2 is 1.59 bits per heavy atom. The Morgan fingerprint density at radius 3 is 2.24 bits per heavy atom. The molecular weight excluding hydrogens is 352 g/mol. The highest BCUT2D eigenvalue weighted by Crippen LogP contribution is 2.44. The SMILES string of the molecule is CCCCCC(c1nccn1CCC)C(C)(Cc1ccccc1)c1ccccc1. The fraction of sp³-hybridized carbons (Fsp3) is 0.444. The van der Waals surface area contributed by atoms with Gasteiger partial charge in [0.25, 0.3) is 0 Å². The van der Waals surface area contributed by atoms with Gasteiger partial charge in [-0.25, -0.2) is 4.98 Å². The molecule has 3 aromatic rings. The van der Waals surface area contributed by atoms with Gasteiger partial charge < -0.3 is 4.57 Å². The lowest BCUT2D eigenvalue weighted by Crippen LogP contribution is -2.35. The number of imidazole rings is 1. The van der Waals surface area contributed by atoms with E-state index in [9.17, 15) is 0 Å². The van der Waals surface area contributed by atoms with Crippen LogP contribution >= 0.6 is 0 Å². The van der Waals surface area contributed by atoms with E-state index in [1.165, 1.54) is 42.6 Å². The van der Waals surface area contributed by atoms with Crippen LogP contribution in [-0.2, 0) is 18.4 Å². The van der Waals surface area contributed by atoms with Crippen molar-refractivity contribution < 1.29 is 0 Å². The van der Waals surface area contributed by atoms with Crippen LogP contribution in [0.3, 0.4) is 0 Å². The summed E-state index contributed by atoms with van der Waals surface area (Å²) in [6.45, 7) is 8.02. The van der Waals surface area contributed by atoms with E-state index in [1.54, 1.807) is 0 Å². The van der Waals surface area contributed by atoms with E-state index < -0.39 is 0 Å². The minimum Gasteiger partial charge on any atom is -0.335 e. The van der Waals surface area contributed by atoms with Crippen LogP contribution in [0.2, 0.25) is 0 Å². The highest BCUT2D eigenvalue weighted by Gasteiger charge is 2.39. The summed E-state index contributed by atoms with van der Waals surface area (Å²) < 4.78 is 2.39. The fourth-order valence-corrected chi connectivity index (χ4v) is 4.66. The predicted molar refractivity (Wildman–Crippen MR) is 123 cm³/mol. The van der Waals surface area contributed by atoms with E-state index in [0.717, 1.165) is 19.4 Å².